The van der Waals surface area contributed by atoms with Crippen LogP contribution in [0.4, 0.5) is 8.78 Å². The van der Waals surface area contributed by atoms with E-state index >= 15 is 0 Å². The van der Waals surface area contributed by atoms with Gasteiger partial charge in [0.15, 0.2) is 5.78 Å². The fourth-order valence-electron chi connectivity index (χ4n) is 1.28. The van der Waals surface area contributed by atoms with Gasteiger partial charge in [-0.15, -0.1) is 0 Å². The summed E-state index contributed by atoms with van der Waals surface area (Å²) >= 11 is 2.95. The maximum Gasteiger partial charge on any atom is 0.315 e. The first-order valence-corrected chi connectivity index (χ1v) is 5.90. The summed E-state index contributed by atoms with van der Waals surface area (Å²) in [5.74, 6) is -1.83. The highest BCUT2D eigenvalue weighted by Crippen LogP contribution is 2.15. The number of Topliss-reactive ketones (excluding diaryl/α,β-unsaturated/α-hetero) is 1. The van der Waals surface area contributed by atoms with Crippen LogP contribution in [0.1, 0.15) is 11.6 Å². The summed E-state index contributed by atoms with van der Waals surface area (Å²) in [6, 6.07) is 7.20. The van der Waals surface area contributed by atoms with Crippen LogP contribution in [-0.2, 0) is 9.59 Å². The fourth-order valence-corrected chi connectivity index (χ4v) is 1.60. The minimum atomic E-state index is -3.13. The Kier molecular flexibility index (Phi) is 5.21. The van der Waals surface area contributed by atoms with Crippen molar-refractivity contribution in [2.45, 2.75) is 12.5 Å². The van der Waals surface area contributed by atoms with Gasteiger partial charge in [-0.05, 0) is 5.56 Å². The molecule has 1 atom stereocenters. The molecule has 0 aromatic heterocycles. The largest absolute Gasteiger partial charge is 0.337 e. The van der Waals surface area contributed by atoms with Gasteiger partial charge >= 0.3 is 6.43 Å². The second kappa shape index (κ2) is 6.44. The van der Waals surface area contributed by atoms with Crippen LogP contribution < -0.4 is 5.32 Å². The molecule has 1 aromatic carbocycles. The van der Waals surface area contributed by atoms with E-state index in [1.165, 1.54) is 0 Å². The second-order valence-corrected chi connectivity index (χ2v) is 3.81. The molecule has 0 aliphatic heterocycles. The molecular formula is C11H10BrF2NO2. The highest BCUT2D eigenvalue weighted by molar-refractivity contribution is 9.09. The molecule has 0 bridgehead atoms. The van der Waals surface area contributed by atoms with Crippen molar-refractivity contribution in [2.75, 3.05) is 5.33 Å². The molecule has 1 aromatic rings. The molecule has 1 unspecified atom stereocenters. The lowest BCUT2D eigenvalue weighted by atomic mass is 10.0. The third kappa shape index (κ3) is 3.89. The summed E-state index contributed by atoms with van der Waals surface area (Å²) in [5.41, 5.74) is 0.478. The molecule has 0 saturated heterocycles. The lowest BCUT2D eigenvalue weighted by molar-refractivity contribution is -0.134. The zero-order valence-corrected chi connectivity index (χ0v) is 10.3. The predicted molar refractivity (Wildman–Crippen MR) is 62.1 cm³/mol. The topological polar surface area (TPSA) is 46.2 Å². The summed E-state index contributed by atoms with van der Waals surface area (Å²) in [6.07, 6.45) is -3.13. The van der Waals surface area contributed by atoms with Gasteiger partial charge in [-0.25, -0.2) is 0 Å². The number of ketones is 1. The molecule has 0 aliphatic carbocycles. The number of alkyl halides is 3. The van der Waals surface area contributed by atoms with Gasteiger partial charge in [-0.3, -0.25) is 9.59 Å². The second-order valence-electron chi connectivity index (χ2n) is 3.25. The lowest BCUT2D eigenvalue weighted by Gasteiger charge is -2.16. The number of amides is 1. The van der Waals surface area contributed by atoms with E-state index < -0.39 is 18.4 Å². The SMILES string of the molecule is O=C(NC(C(=O)CBr)c1ccccc1)C(F)F. The fraction of sp³-hybridized carbons (Fsp3) is 0.273. The van der Waals surface area contributed by atoms with Gasteiger partial charge in [0.2, 0.25) is 0 Å². The molecule has 0 spiro atoms. The standard InChI is InChI=1S/C11H10BrF2NO2/c12-6-8(16)9(15-11(17)10(13)14)7-4-2-1-3-5-7/h1-5,9-10H,6H2,(H,15,17). The first kappa shape index (κ1) is 13.8. The van der Waals surface area contributed by atoms with Crippen LogP contribution in [-0.4, -0.2) is 23.4 Å². The van der Waals surface area contributed by atoms with Crippen LogP contribution in [0.5, 0.6) is 0 Å². The Morgan fingerprint density at radius 2 is 1.82 bits per heavy atom. The Hall–Kier alpha value is -1.30. The number of nitrogens with one attached hydrogen (secondary N) is 1. The Labute approximate surface area is 105 Å². The van der Waals surface area contributed by atoms with E-state index in [1.807, 2.05) is 5.32 Å². The molecule has 92 valence electrons. The van der Waals surface area contributed by atoms with Crippen molar-refractivity contribution in [1.29, 1.82) is 0 Å². The van der Waals surface area contributed by atoms with Gasteiger partial charge in [0.1, 0.15) is 6.04 Å². The Morgan fingerprint density at radius 3 is 2.29 bits per heavy atom. The number of carbonyl (C=O) groups excluding carboxylic acids is 2. The molecule has 3 nitrogen and oxygen atoms in total. The zero-order valence-electron chi connectivity index (χ0n) is 8.70. The molecule has 1 rings (SSSR count). The molecule has 1 amide bonds. The third-order valence-electron chi connectivity index (χ3n) is 2.07. The average molecular weight is 306 g/mol. The number of rotatable bonds is 5. The van der Waals surface area contributed by atoms with E-state index in [4.69, 9.17) is 0 Å². The van der Waals surface area contributed by atoms with Crippen LogP contribution in [0.25, 0.3) is 0 Å². The van der Waals surface area contributed by atoms with Crippen molar-refractivity contribution in [3.8, 4) is 0 Å². The van der Waals surface area contributed by atoms with Crippen molar-refractivity contribution in [3.05, 3.63) is 35.9 Å². The van der Waals surface area contributed by atoms with E-state index in [-0.39, 0.29) is 11.1 Å². The normalized spacial score (nSPS) is 12.2. The molecule has 0 heterocycles. The summed E-state index contributed by atoms with van der Waals surface area (Å²) in [7, 11) is 0. The average Bonchev–Trinajstić information content (AvgIpc) is 2.35. The maximum atomic E-state index is 12.1. The molecule has 17 heavy (non-hydrogen) atoms. The molecule has 1 N–H and O–H groups in total. The number of carbonyl (C=O) groups is 2. The molecule has 0 saturated carbocycles. The molecular weight excluding hydrogens is 296 g/mol. The monoisotopic (exact) mass is 305 g/mol. The van der Waals surface area contributed by atoms with Crippen LogP contribution in [0.3, 0.4) is 0 Å². The van der Waals surface area contributed by atoms with Crippen LogP contribution in [0.15, 0.2) is 30.3 Å². The minimum absolute atomic E-state index is 0.0178. The molecule has 0 radical (unpaired) electrons. The van der Waals surface area contributed by atoms with E-state index in [0.29, 0.717) is 5.56 Å². The molecule has 0 fully saturated rings. The van der Waals surface area contributed by atoms with Crippen molar-refractivity contribution in [3.63, 3.8) is 0 Å². The van der Waals surface area contributed by atoms with Gasteiger partial charge in [0, 0.05) is 0 Å². The third-order valence-corrected chi connectivity index (χ3v) is 2.62. The van der Waals surface area contributed by atoms with Crippen molar-refractivity contribution in [1.82, 2.24) is 5.32 Å². The van der Waals surface area contributed by atoms with Gasteiger partial charge in [0.25, 0.3) is 5.91 Å². The number of hydrogen-bond acceptors (Lipinski definition) is 2. The van der Waals surface area contributed by atoms with E-state index in [1.54, 1.807) is 30.3 Å². The quantitative estimate of drug-likeness (QED) is 0.847. The first-order valence-electron chi connectivity index (χ1n) is 4.78. The van der Waals surface area contributed by atoms with Gasteiger partial charge in [0.05, 0.1) is 5.33 Å². The van der Waals surface area contributed by atoms with Gasteiger partial charge in [-0.2, -0.15) is 8.78 Å². The molecule has 6 heteroatoms. The minimum Gasteiger partial charge on any atom is -0.337 e. The van der Waals surface area contributed by atoms with Crippen LogP contribution >= 0.6 is 15.9 Å². The predicted octanol–water partition coefficient (Wildman–Crippen LogP) is 2.07. The van der Waals surface area contributed by atoms with E-state index in [2.05, 4.69) is 15.9 Å². The number of halogens is 3. The van der Waals surface area contributed by atoms with Crippen LogP contribution in [0, 0.1) is 0 Å². The number of hydrogen-bond donors (Lipinski definition) is 1. The molecule has 0 aliphatic rings. The van der Waals surface area contributed by atoms with E-state index in [9.17, 15) is 18.4 Å². The number of benzene rings is 1. The summed E-state index contributed by atoms with van der Waals surface area (Å²) in [6.45, 7) is 0. The maximum absolute atomic E-state index is 12.1. The zero-order chi connectivity index (χ0) is 12.8. The van der Waals surface area contributed by atoms with Crippen LogP contribution in [0.2, 0.25) is 0 Å². The van der Waals surface area contributed by atoms with E-state index in [0.717, 1.165) is 0 Å². The summed E-state index contributed by atoms with van der Waals surface area (Å²) in [4.78, 5) is 22.5. The first-order chi connectivity index (χ1) is 8.06. The summed E-state index contributed by atoms with van der Waals surface area (Å²) < 4.78 is 24.3. The highest BCUT2D eigenvalue weighted by atomic mass is 79.9. The Bertz CT molecular complexity index is 398. The lowest BCUT2D eigenvalue weighted by Crippen LogP contribution is -2.37. The van der Waals surface area contributed by atoms with Crippen molar-refractivity contribution >= 4 is 27.6 Å². The highest BCUT2D eigenvalue weighted by Gasteiger charge is 2.25. The summed E-state index contributed by atoms with van der Waals surface area (Å²) in [5, 5.41) is 2.00. The van der Waals surface area contributed by atoms with Crippen molar-refractivity contribution < 1.29 is 18.4 Å². The smallest absolute Gasteiger partial charge is 0.315 e. The Morgan fingerprint density at radius 1 is 1.24 bits per heavy atom. The Balaban J connectivity index is 2.90. The van der Waals surface area contributed by atoms with Gasteiger partial charge in [-0.1, -0.05) is 46.3 Å². The van der Waals surface area contributed by atoms with Crippen molar-refractivity contribution in [2.24, 2.45) is 0 Å². The van der Waals surface area contributed by atoms with Gasteiger partial charge < -0.3 is 5.32 Å².